The summed E-state index contributed by atoms with van der Waals surface area (Å²) in [4.78, 5) is 16.0. The van der Waals surface area contributed by atoms with Gasteiger partial charge >= 0.3 is 6.18 Å². The number of pyridine rings is 1. The van der Waals surface area contributed by atoms with Crippen LogP contribution in [0.2, 0.25) is 0 Å². The van der Waals surface area contributed by atoms with Gasteiger partial charge in [-0.05, 0) is 43.9 Å². The van der Waals surface area contributed by atoms with Gasteiger partial charge in [0.1, 0.15) is 17.1 Å². The molecule has 1 fully saturated rings. The topological polar surface area (TPSA) is 89.3 Å². The maximum atomic E-state index is 12.9. The molecule has 1 aromatic carbocycles. The van der Waals surface area contributed by atoms with E-state index in [0.29, 0.717) is 17.0 Å². The highest BCUT2D eigenvalue weighted by Crippen LogP contribution is 2.34. The summed E-state index contributed by atoms with van der Waals surface area (Å²) in [5, 5.41) is 17.6. The van der Waals surface area contributed by atoms with Crippen LogP contribution in [-0.4, -0.2) is 39.0 Å². The van der Waals surface area contributed by atoms with Crippen molar-refractivity contribution < 1.29 is 27.8 Å². The molecule has 3 aromatic rings. The van der Waals surface area contributed by atoms with Gasteiger partial charge in [0, 0.05) is 17.6 Å². The van der Waals surface area contributed by atoms with E-state index in [1.807, 2.05) is 10.9 Å². The molecule has 2 heterocycles. The first kappa shape index (κ1) is 21.1. The first-order valence-electron chi connectivity index (χ1n) is 9.85. The molecule has 164 valence electrons. The van der Waals surface area contributed by atoms with Crippen molar-refractivity contribution in [3.8, 4) is 5.75 Å². The van der Waals surface area contributed by atoms with Crippen LogP contribution in [0.4, 0.5) is 18.9 Å². The average molecular weight is 434 g/mol. The van der Waals surface area contributed by atoms with Crippen LogP contribution in [0.1, 0.15) is 47.9 Å². The Kier molecular flexibility index (Phi) is 5.57. The molecule has 1 saturated carbocycles. The van der Waals surface area contributed by atoms with Crippen LogP contribution in [0.5, 0.6) is 5.75 Å². The zero-order valence-electron chi connectivity index (χ0n) is 16.7. The maximum Gasteiger partial charge on any atom is 0.433 e. The quantitative estimate of drug-likeness (QED) is 0.643. The highest BCUT2D eigenvalue weighted by molar-refractivity contribution is 6.05. The molecule has 31 heavy (non-hydrogen) atoms. The molecular formula is C21H21F3N4O3. The van der Waals surface area contributed by atoms with Gasteiger partial charge in [-0.2, -0.15) is 18.3 Å². The standard InChI is InChI=1S/C21H21F3N4O3/c1-31-18-10-16-12(11-28(27-16)13-5-7-14(29)8-6-13)9-17(18)26-20(30)15-3-2-4-19(25-15)21(22,23)24/h2-4,9-11,13-14,29H,5-8H2,1H3,(H,26,30)/t13-,14+. The Morgan fingerprint density at radius 3 is 2.65 bits per heavy atom. The third-order valence-corrected chi connectivity index (χ3v) is 5.40. The molecule has 7 nitrogen and oxygen atoms in total. The number of ether oxygens (including phenoxy) is 1. The fourth-order valence-corrected chi connectivity index (χ4v) is 3.75. The van der Waals surface area contributed by atoms with Gasteiger partial charge in [0.15, 0.2) is 0 Å². The summed E-state index contributed by atoms with van der Waals surface area (Å²) in [7, 11) is 1.43. The molecule has 0 aliphatic heterocycles. The number of aromatic nitrogens is 3. The van der Waals surface area contributed by atoms with Crippen molar-refractivity contribution in [1.29, 1.82) is 0 Å². The second-order valence-corrected chi connectivity index (χ2v) is 7.54. The van der Waals surface area contributed by atoms with Gasteiger partial charge in [0.25, 0.3) is 5.91 Å². The van der Waals surface area contributed by atoms with Crippen LogP contribution in [0.3, 0.4) is 0 Å². The summed E-state index contributed by atoms with van der Waals surface area (Å²) < 4.78 is 45.9. The summed E-state index contributed by atoms with van der Waals surface area (Å²) in [6.07, 6.45) is 0.0121. The van der Waals surface area contributed by atoms with Gasteiger partial charge in [-0.3, -0.25) is 9.48 Å². The Morgan fingerprint density at radius 1 is 1.23 bits per heavy atom. The predicted octanol–water partition coefficient (Wildman–Crippen LogP) is 4.19. The maximum absolute atomic E-state index is 12.9. The van der Waals surface area contributed by atoms with E-state index in [1.54, 1.807) is 12.1 Å². The lowest BCUT2D eigenvalue weighted by Gasteiger charge is -2.25. The van der Waals surface area contributed by atoms with E-state index in [9.17, 15) is 23.1 Å². The molecule has 4 rings (SSSR count). The van der Waals surface area contributed by atoms with Gasteiger partial charge in [-0.1, -0.05) is 6.07 Å². The predicted molar refractivity (Wildman–Crippen MR) is 107 cm³/mol. The van der Waals surface area contributed by atoms with Crippen molar-refractivity contribution in [2.45, 2.75) is 44.0 Å². The number of carbonyl (C=O) groups is 1. The lowest BCUT2D eigenvalue weighted by molar-refractivity contribution is -0.141. The first-order valence-corrected chi connectivity index (χ1v) is 9.85. The van der Waals surface area contributed by atoms with Gasteiger partial charge < -0.3 is 15.2 Å². The second kappa shape index (κ2) is 8.18. The van der Waals surface area contributed by atoms with E-state index < -0.39 is 17.8 Å². The summed E-state index contributed by atoms with van der Waals surface area (Å²) in [5.41, 5.74) is -0.522. The molecule has 2 N–H and O–H groups in total. The summed E-state index contributed by atoms with van der Waals surface area (Å²) in [5.74, 6) is -0.449. The van der Waals surface area contributed by atoms with Crippen LogP contribution in [0, 0.1) is 0 Å². The number of benzene rings is 1. The largest absolute Gasteiger partial charge is 0.494 e. The summed E-state index contributed by atoms with van der Waals surface area (Å²) >= 11 is 0. The molecule has 10 heteroatoms. The van der Waals surface area contributed by atoms with E-state index in [4.69, 9.17) is 4.74 Å². The molecule has 1 aliphatic carbocycles. The number of amides is 1. The average Bonchev–Trinajstić information content (AvgIpc) is 3.16. The Morgan fingerprint density at radius 2 is 1.97 bits per heavy atom. The highest BCUT2D eigenvalue weighted by Gasteiger charge is 2.33. The minimum atomic E-state index is -4.64. The van der Waals surface area contributed by atoms with Gasteiger partial charge in [0.2, 0.25) is 0 Å². The van der Waals surface area contributed by atoms with E-state index in [2.05, 4.69) is 15.4 Å². The number of nitrogens with one attached hydrogen (secondary N) is 1. The number of rotatable bonds is 4. The number of hydrogen-bond acceptors (Lipinski definition) is 5. The van der Waals surface area contributed by atoms with Crippen molar-refractivity contribution in [3.63, 3.8) is 0 Å². The van der Waals surface area contributed by atoms with Crippen molar-refractivity contribution in [1.82, 2.24) is 14.8 Å². The van der Waals surface area contributed by atoms with Crippen molar-refractivity contribution in [2.24, 2.45) is 0 Å². The smallest absolute Gasteiger partial charge is 0.433 e. The zero-order chi connectivity index (χ0) is 22.2. The SMILES string of the molecule is COc1cc2nn([C@H]3CC[C@@H](O)CC3)cc2cc1NC(=O)c1cccc(C(F)(F)F)n1. The van der Waals surface area contributed by atoms with Crippen molar-refractivity contribution in [2.75, 3.05) is 12.4 Å². The van der Waals surface area contributed by atoms with Crippen LogP contribution in [0.15, 0.2) is 36.5 Å². The normalized spacial score (nSPS) is 19.4. The van der Waals surface area contributed by atoms with E-state index in [1.165, 1.54) is 13.2 Å². The minimum Gasteiger partial charge on any atom is -0.494 e. The van der Waals surface area contributed by atoms with Gasteiger partial charge in [-0.15, -0.1) is 0 Å². The van der Waals surface area contributed by atoms with Crippen molar-refractivity contribution in [3.05, 3.63) is 47.9 Å². The Bertz CT molecular complexity index is 1100. The number of methoxy groups -OCH3 is 1. The molecule has 0 bridgehead atoms. The number of anilines is 1. The summed E-state index contributed by atoms with van der Waals surface area (Å²) in [6.45, 7) is 0. The molecule has 2 aromatic heterocycles. The Hall–Kier alpha value is -3.14. The van der Waals surface area contributed by atoms with Crippen LogP contribution < -0.4 is 10.1 Å². The molecule has 0 atom stereocenters. The Labute approximate surface area is 175 Å². The number of carbonyl (C=O) groups excluding carboxylic acids is 1. The van der Waals surface area contributed by atoms with Crippen LogP contribution in [-0.2, 0) is 6.18 Å². The fourth-order valence-electron chi connectivity index (χ4n) is 3.75. The zero-order valence-corrected chi connectivity index (χ0v) is 16.7. The Balaban J connectivity index is 1.60. The number of nitrogens with zero attached hydrogens (tertiary/aromatic N) is 3. The minimum absolute atomic E-state index is 0.175. The first-order chi connectivity index (χ1) is 14.7. The highest BCUT2D eigenvalue weighted by atomic mass is 19.4. The van der Waals surface area contributed by atoms with Gasteiger partial charge in [-0.25, -0.2) is 4.98 Å². The van der Waals surface area contributed by atoms with E-state index >= 15 is 0 Å². The fraction of sp³-hybridized carbons (Fsp3) is 0.381. The number of hydrogen-bond donors (Lipinski definition) is 2. The number of halogens is 3. The molecule has 1 amide bonds. The molecule has 0 spiro atoms. The molecule has 0 radical (unpaired) electrons. The molecule has 0 unspecified atom stereocenters. The lowest BCUT2D eigenvalue weighted by atomic mass is 9.93. The number of aliphatic hydroxyl groups is 1. The third-order valence-electron chi connectivity index (χ3n) is 5.40. The molecular weight excluding hydrogens is 413 g/mol. The van der Waals surface area contributed by atoms with Crippen LogP contribution in [0.25, 0.3) is 10.9 Å². The number of fused-ring (bicyclic) bond motifs is 1. The molecule has 1 aliphatic rings. The molecule has 0 saturated heterocycles. The van der Waals surface area contributed by atoms with Crippen LogP contribution >= 0.6 is 0 Å². The summed E-state index contributed by atoms with van der Waals surface area (Å²) in [6, 6.07) is 6.66. The van der Waals surface area contributed by atoms with E-state index in [0.717, 1.165) is 43.2 Å². The van der Waals surface area contributed by atoms with E-state index in [-0.39, 0.29) is 17.8 Å². The number of aliphatic hydroxyl groups excluding tert-OH is 1. The second-order valence-electron chi connectivity index (χ2n) is 7.54. The monoisotopic (exact) mass is 434 g/mol. The number of alkyl halides is 3. The lowest BCUT2D eigenvalue weighted by Crippen LogP contribution is -2.21. The third kappa shape index (κ3) is 4.48. The van der Waals surface area contributed by atoms with Gasteiger partial charge in [0.05, 0.1) is 30.5 Å². The van der Waals surface area contributed by atoms with Crippen molar-refractivity contribution >= 4 is 22.5 Å².